The zero-order chi connectivity index (χ0) is 22.7. The summed E-state index contributed by atoms with van der Waals surface area (Å²) < 4.78 is 24.3. The maximum Gasteiger partial charge on any atom is 0.306 e. The molecule has 0 spiro atoms. The lowest BCUT2D eigenvalue weighted by atomic mass is 10.0. The number of carbonyl (C=O) groups is 1. The van der Waals surface area contributed by atoms with Gasteiger partial charge in [-0.2, -0.15) is 0 Å². The fourth-order valence-electron chi connectivity index (χ4n) is 3.89. The van der Waals surface area contributed by atoms with Crippen LogP contribution in [-0.2, 0) is 43.6 Å². The van der Waals surface area contributed by atoms with Crippen LogP contribution in [0.1, 0.15) is 29.5 Å². The van der Waals surface area contributed by atoms with E-state index in [1.54, 1.807) is 0 Å². The van der Waals surface area contributed by atoms with Crippen LogP contribution in [0, 0.1) is 0 Å². The average Bonchev–Trinajstić information content (AvgIpc) is 3.01. The smallest absolute Gasteiger partial charge is 0.306 e. The molecule has 0 saturated carbocycles. The molecule has 0 unspecified atom stereocenters. The second kappa shape index (κ2) is 12.3. The van der Waals surface area contributed by atoms with Crippen molar-refractivity contribution in [3.8, 4) is 0 Å². The van der Waals surface area contributed by atoms with E-state index in [-0.39, 0.29) is 18.7 Å². The third-order valence-electron chi connectivity index (χ3n) is 5.63. The molecular formula is C28H30O5. The zero-order valence-corrected chi connectivity index (χ0v) is 18.7. The molecule has 5 nitrogen and oxygen atoms in total. The molecule has 3 aromatic rings. The molecule has 1 fully saturated rings. The largest absolute Gasteiger partial charge is 0.457 e. The van der Waals surface area contributed by atoms with Crippen LogP contribution in [0.4, 0.5) is 0 Å². The fraction of sp³-hybridized carbons (Fsp3) is 0.321. The van der Waals surface area contributed by atoms with Crippen molar-refractivity contribution >= 4 is 5.97 Å². The second-order valence-corrected chi connectivity index (χ2v) is 8.16. The van der Waals surface area contributed by atoms with Gasteiger partial charge in [0.05, 0.1) is 32.5 Å². The highest BCUT2D eigenvalue weighted by molar-refractivity contribution is 5.70. The first-order valence-corrected chi connectivity index (χ1v) is 11.4. The maximum absolute atomic E-state index is 12.4. The molecule has 1 aliphatic heterocycles. The van der Waals surface area contributed by atoms with E-state index < -0.39 is 12.2 Å². The van der Waals surface area contributed by atoms with Gasteiger partial charge in [-0.25, -0.2) is 0 Å². The summed E-state index contributed by atoms with van der Waals surface area (Å²) in [6.45, 7) is 1.53. The van der Waals surface area contributed by atoms with Crippen molar-refractivity contribution in [2.75, 3.05) is 6.61 Å². The Morgan fingerprint density at radius 3 is 1.79 bits per heavy atom. The Morgan fingerprint density at radius 1 is 0.697 bits per heavy atom. The van der Waals surface area contributed by atoms with Crippen molar-refractivity contribution in [2.45, 2.75) is 51.0 Å². The lowest BCUT2D eigenvalue weighted by Crippen LogP contribution is -2.43. The molecule has 172 valence electrons. The molecule has 5 heteroatoms. The summed E-state index contributed by atoms with van der Waals surface area (Å²) in [4.78, 5) is 12.4. The number of hydrogen-bond donors (Lipinski definition) is 0. The van der Waals surface area contributed by atoms with E-state index in [9.17, 15) is 4.79 Å². The Bertz CT molecular complexity index is 961. The van der Waals surface area contributed by atoms with Crippen molar-refractivity contribution in [1.29, 1.82) is 0 Å². The van der Waals surface area contributed by atoms with E-state index >= 15 is 0 Å². The van der Waals surface area contributed by atoms with Crippen LogP contribution in [0.3, 0.4) is 0 Å². The van der Waals surface area contributed by atoms with E-state index in [0.717, 1.165) is 16.7 Å². The minimum Gasteiger partial charge on any atom is -0.457 e. The first kappa shape index (κ1) is 23.2. The van der Waals surface area contributed by atoms with E-state index in [1.165, 1.54) is 0 Å². The van der Waals surface area contributed by atoms with Crippen LogP contribution < -0.4 is 0 Å². The summed E-state index contributed by atoms with van der Waals surface area (Å²) >= 11 is 0. The van der Waals surface area contributed by atoms with E-state index in [1.807, 2.05) is 91.0 Å². The Morgan fingerprint density at radius 2 is 1.21 bits per heavy atom. The molecule has 0 aliphatic carbocycles. The van der Waals surface area contributed by atoms with Gasteiger partial charge in [-0.3, -0.25) is 4.79 Å². The van der Waals surface area contributed by atoms with Gasteiger partial charge in [0.2, 0.25) is 0 Å². The van der Waals surface area contributed by atoms with Gasteiger partial charge < -0.3 is 18.9 Å². The van der Waals surface area contributed by atoms with Crippen LogP contribution in [0.15, 0.2) is 91.0 Å². The summed E-state index contributed by atoms with van der Waals surface area (Å²) in [6.07, 6.45) is -0.435. The summed E-state index contributed by atoms with van der Waals surface area (Å²) in [6, 6.07) is 29.9. The third-order valence-corrected chi connectivity index (χ3v) is 5.63. The molecule has 0 N–H and O–H groups in total. The van der Waals surface area contributed by atoms with Gasteiger partial charge in [0, 0.05) is 6.42 Å². The Hall–Kier alpha value is -2.99. The predicted molar refractivity (Wildman–Crippen MR) is 125 cm³/mol. The van der Waals surface area contributed by atoms with E-state index in [0.29, 0.717) is 32.7 Å². The van der Waals surface area contributed by atoms with Gasteiger partial charge in [0.25, 0.3) is 0 Å². The van der Waals surface area contributed by atoms with Crippen molar-refractivity contribution in [1.82, 2.24) is 0 Å². The monoisotopic (exact) mass is 446 g/mol. The van der Waals surface area contributed by atoms with Crippen LogP contribution in [0.25, 0.3) is 0 Å². The van der Waals surface area contributed by atoms with Crippen molar-refractivity contribution < 1.29 is 23.7 Å². The SMILES string of the molecule is O=C1CC[C@H](OCc2ccccc2)[C@H](OCc2ccccc2)[C@@H](COCc2ccccc2)O1. The molecule has 0 radical (unpaired) electrons. The summed E-state index contributed by atoms with van der Waals surface area (Å²) in [5.41, 5.74) is 3.20. The molecular weight excluding hydrogens is 416 g/mol. The van der Waals surface area contributed by atoms with Crippen molar-refractivity contribution in [3.63, 3.8) is 0 Å². The molecule has 0 bridgehead atoms. The normalized spacial score (nSPS) is 20.7. The molecule has 0 amide bonds. The topological polar surface area (TPSA) is 54.0 Å². The van der Waals surface area contributed by atoms with Crippen molar-refractivity contribution in [2.24, 2.45) is 0 Å². The van der Waals surface area contributed by atoms with Gasteiger partial charge in [0.15, 0.2) is 6.10 Å². The molecule has 1 saturated heterocycles. The maximum atomic E-state index is 12.4. The van der Waals surface area contributed by atoms with Gasteiger partial charge in [-0.15, -0.1) is 0 Å². The minimum atomic E-state index is -0.548. The van der Waals surface area contributed by atoms with Crippen LogP contribution in [0.5, 0.6) is 0 Å². The second-order valence-electron chi connectivity index (χ2n) is 8.16. The van der Waals surface area contributed by atoms with Gasteiger partial charge in [-0.1, -0.05) is 91.0 Å². The lowest BCUT2D eigenvalue weighted by Gasteiger charge is -2.30. The number of rotatable bonds is 10. The molecule has 4 rings (SSSR count). The standard InChI is InChI=1S/C28H30O5/c29-27-17-16-25(31-19-23-12-6-2-7-13-23)28(32-20-24-14-8-3-9-15-24)26(33-27)21-30-18-22-10-4-1-5-11-22/h1-15,25-26,28H,16-21H2/t25-,26+,28-/m0/s1. The quantitative estimate of drug-likeness (QED) is 0.407. The van der Waals surface area contributed by atoms with Crippen LogP contribution in [-0.4, -0.2) is 30.9 Å². The highest BCUT2D eigenvalue weighted by Crippen LogP contribution is 2.25. The predicted octanol–water partition coefficient (Wildman–Crippen LogP) is 5.08. The fourth-order valence-corrected chi connectivity index (χ4v) is 3.89. The Labute approximate surface area is 195 Å². The first-order valence-electron chi connectivity index (χ1n) is 11.4. The van der Waals surface area contributed by atoms with Crippen molar-refractivity contribution in [3.05, 3.63) is 108 Å². The molecule has 3 atom stereocenters. The molecule has 33 heavy (non-hydrogen) atoms. The molecule has 1 heterocycles. The number of carbonyl (C=O) groups excluding carboxylic acids is 1. The first-order chi connectivity index (χ1) is 16.3. The molecule has 1 aliphatic rings. The third kappa shape index (κ3) is 7.26. The van der Waals surface area contributed by atoms with Gasteiger partial charge in [0.1, 0.15) is 6.10 Å². The number of hydrogen-bond acceptors (Lipinski definition) is 5. The van der Waals surface area contributed by atoms with E-state index in [4.69, 9.17) is 18.9 Å². The van der Waals surface area contributed by atoms with Crippen LogP contribution >= 0.6 is 0 Å². The zero-order valence-electron chi connectivity index (χ0n) is 18.7. The highest BCUT2D eigenvalue weighted by atomic mass is 16.6. The molecule has 3 aromatic carbocycles. The summed E-state index contributed by atoms with van der Waals surface area (Å²) in [7, 11) is 0. The van der Waals surface area contributed by atoms with Gasteiger partial charge >= 0.3 is 5.97 Å². The Balaban J connectivity index is 1.46. The number of esters is 1. The average molecular weight is 447 g/mol. The number of cyclic esters (lactones) is 1. The lowest BCUT2D eigenvalue weighted by molar-refractivity contribution is -0.171. The highest BCUT2D eigenvalue weighted by Gasteiger charge is 2.37. The minimum absolute atomic E-state index is 0.241. The number of benzene rings is 3. The Kier molecular flexibility index (Phi) is 8.64. The van der Waals surface area contributed by atoms with Gasteiger partial charge in [-0.05, 0) is 23.1 Å². The van der Waals surface area contributed by atoms with E-state index in [2.05, 4.69) is 0 Å². The summed E-state index contributed by atoms with van der Waals surface area (Å²) in [5, 5.41) is 0. The summed E-state index contributed by atoms with van der Waals surface area (Å²) in [5.74, 6) is -0.248. The number of ether oxygens (including phenoxy) is 4. The molecule has 0 aromatic heterocycles. The van der Waals surface area contributed by atoms with Crippen LogP contribution in [0.2, 0.25) is 0 Å².